The van der Waals surface area contributed by atoms with Gasteiger partial charge in [0.05, 0.1) is 20.4 Å². The molecule has 25 heavy (non-hydrogen) atoms. The first-order valence-electron chi connectivity index (χ1n) is 7.58. The fourth-order valence-electron chi connectivity index (χ4n) is 2.72. The molecule has 0 saturated heterocycles. The van der Waals surface area contributed by atoms with Crippen LogP contribution in [0.15, 0.2) is 42.6 Å². The minimum atomic E-state index is -0.416. The van der Waals surface area contributed by atoms with E-state index in [1.54, 1.807) is 56.6 Å². The van der Waals surface area contributed by atoms with E-state index in [0.717, 1.165) is 5.56 Å². The molecule has 8 nitrogen and oxygen atoms in total. The van der Waals surface area contributed by atoms with E-state index >= 15 is 0 Å². The number of hydrogen-bond donors (Lipinski definition) is 0. The van der Waals surface area contributed by atoms with Gasteiger partial charge in [-0.15, -0.1) is 0 Å². The lowest BCUT2D eigenvalue weighted by Crippen LogP contribution is -2.18. The van der Waals surface area contributed by atoms with Gasteiger partial charge in [-0.1, -0.05) is 12.1 Å². The molecule has 0 aliphatic rings. The van der Waals surface area contributed by atoms with Crippen molar-refractivity contribution in [2.45, 2.75) is 6.54 Å². The van der Waals surface area contributed by atoms with Crippen LogP contribution in [-0.4, -0.2) is 35.6 Å². The van der Waals surface area contributed by atoms with Gasteiger partial charge < -0.3 is 24.5 Å². The van der Waals surface area contributed by atoms with Crippen LogP contribution in [0, 0.1) is 10.1 Å². The fraction of sp³-hybridized carbons (Fsp3) is 0.235. The summed E-state index contributed by atoms with van der Waals surface area (Å²) in [6.45, 7) is 0.436. The van der Waals surface area contributed by atoms with Crippen molar-refractivity contribution >= 4 is 17.3 Å². The Bertz CT molecular complexity index is 922. The van der Waals surface area contributed by atoms with Crippen molar-refractivity contribution in [3.63, 3.8) is 0 Å². The Morgan fingerprint density at radius 3 is 2.64 bits per heavy atom. The predicted octanol–water partition coefficient (Wildman–Crippen LogP) is 2.90. The molecule has 8 heteroatoms. The molecule has 130 valence electrons. The summed E-state index contributed by atoms with van der Waals surface area (Å²) in [7, 11) is 4.91. The molecule has 3 rings (SSSR count). The second-order valence-electron chi connectivity index (χ2n) is 5.49. The number of aromatic nitrogens is 2. The summed E-state index contributed by atoms with van der Waals surface area (Å²) in [6.07, 6.45) is 1.63. The predicted molar refractivity (Wildman–Crippen MR) is 93.5 cm³/mol. The minimum Gasteiger partial charge on any atom is -0.493 e. The van der Waals surface area contributed by atoms with E-state index in [1.165, 1.54) is 4.40 Å². The summed E-state index contributed by atoms with van der Waals surface area (Å²) in [5.74, 6) is 1.50. The number of nitrogens with zero attached hydrogens (tertiary/aromatic N) is 4. The van der Waals surface area contributed by atoms with E-state index in [9.17, 15) is 10.1 Å². The molecule has 0 bridgehead atoms. The Balaban J connectivity index is 1.96. The van der Waals surface area contributed by atoms with Crippen LogP contribution in [0.25, 0.3) is 5.65 Å². The van der Waals surface area contributed by atoms with E-state index in [0.29, 0.717) is 29.5 Å². The van der Waals surface area contributed by atoms with Crippen molar-refractivity contribution < 1.29 is 14.4 Å². The van der Waals surface area contributed by atoms with Gasteiger partial charge in [0.1, 0.15) is 0 Å². The largest absolute Gasteiger partial charge is 0.493 e. The van der Waals surface area contributed by atoms with Crippen LogP contribution in [0.1, 0.15) is 5.56 Å². The average Bonchev–Trinajstić information content (AvgIpc) is 3.01. The third kappa shape index (κ3) is 3.06. The molecule has 0 radical (unpaired) electrons. The maximum Gasteiger partial charge on any atom is 0.372 e. The van der Waals surface area contributed by atoms with E-state index in [4.69, 9.17) is 9.47 Å². The van der Waals surface area contributed by atoms with Crippen molar-refractivity contribution in [3.8, 4) is 11.5 Å². The molecule has 0 aliphatic heterocycles. The first-order valence-corrected chi connectivity index (χ1v) is 7.58. The van der Waals surface area contributed by atoms with Gasteiger partial charge in [0, 0.05) is 19.7 Å². The van der Waals surface area contributed by atoms with Gasteiger partial charge in [0.15, 0.2) is 11.5 Å². The molecule has 0 unspecified atom stereocenters. The molecule has 0 fully saturated rings. The Labute approximate surface area is 144 Å². The molecule has 0 aliphatic carbocycles. The first-order chi connectivity index (χ1) is 12.0. The van der Waals surface area contributed by atoms with E-state index in [-0.39, 0.29) is 5.82 Å². The topological polar surface area (TPSA) is 82.1 Å². The van der Waals surface area contributed by atoms with E-state index in [2.05, 4.69) is 4.98 Å². The molecule has 1 aromatic carbocycles. The van der Waals surface area contributed by atoms with Crippen molar-refractivity contribution in [1.29, 1.82) is 0 Å². The zero-order valence-electron chi connectivity index (χ0n) is 14.2. The third-order valence-electron chi connectivity index (χ3n) is 3.89. The second-order valence-corrected chi connectivity index (χ2v) is 5.49. The zero-order valence-corrected chi connectivity index (χ0v) is 14.2. The number of ether oxygens (including phenoxy) is 2. The quantitative estimate of drug-likeness (QED) is 0.506. The Hall–Kier alpha value is -3.29. The van der Waals surface area contributed by atoms with E-state index < -0.39 is 4.92 Å². The number of rotatable bonds is 6. The average molecular weight is 342 g/mol. The fourth-order valence-corrected chi connectivity index (χ4v) is 2.72. The lowest BCUT2D eigenvalue weighted by atomic mass is 10.2. The number of fused-ring (bicyclic) bond motifs is 1. The van der Waals surface area contributed by atoms with Crippen LogP contribution in [0.2, 0.25) is 0 Å². The van der Waals surface area contributed by atoms with Crippen molar-refractivity contribution in [1.82, 2.24) is 9.38 Å². The molecule has 0 saturated carbocycles. The standard InChI is InChI=1S/C17H18N4O4/c1-19(11-12-7-8-13(24-2)14(10-12)25-3)16-17(21(22)23)20-9-5-4-6-15(20)18-16/h4-10H,11H2,1-3H3. The molecule has 0 N–H and O–H groups in total. The van der Waals surface area contributed by atoms with Gasteiger partial charge in [-0.2, -0.15) is 9.38 Å². The highest BCUT2D eigenvalue weighted by molar-refractivity contribution is 5.63. The summed E-state index contributed by atoms with van der Waals surface area (Å²) >= 11 is 0. The molecular formula is C17H18N4O4. The monoisotopic (exact) mass is 342 g/mol. The van der Waals surface area contributed by atoms with Crippen molar-refractivity contribution in [2.75, 3.05) is 26.2 Å². The molecule has 0 atom stereocenters. The summed E-state index contributed by atoms with van der Waals surface area (Å²) in [5, 5.41) is 11.5. The molecule has 3 aromatic rings. The maximum absolute atomic E-state index is 11.5. The van der Waals surface area contributed by atoms with Crippen LogP contribution in [0.3, 0.4) is 0 Å². The van der Waals surface area contributed by atoms with Gasteiger partial charge >= 0.3 is 5.82 Å². The van der Waals surface area contributed by atoms with Gasteiger partial charge in [0.25, 0.3) is 0 Å². The number of hydrogen-bond acceptors (Lipinski definition) is 6. The number of anilines is 1. The van der Waals surface area contributed by atoms with Crippen LogP contribution in [0.4, 0.5) is 11.6 Å². The van der Waals surface area contributed by atoms with Gasteiger partial charge in [-0.25, -0.2) is 0 Å². The summed E-state index contributed by atoms with van der Waals surface area (Å²) in [5.41, 5.74) is 1.45. The normalized spacial score (nSPS) is 10.7. The van der Waals surface area contributed by atoms with E-state index in [1.807, 2.05) is 12.1 Å². The third-order valence-corrected chi connectivity index (χ3v) is 3.89. The Morgan fingerprint density at radius 1 is 1.20 bits per heavy atom. The SMILES string of the molecule is COc1ccc(CN(C)c2nc3ccccn3c2[N+](=O)[O-])cc1OC. The summed E-state index contributed by atoms with van der Waals surface area (Å²) in [6, 6.07) is 10.8. The highest BCUT2D eigenvalue weighted by Crippen LogP contribution is 2.31. The zero-order chi connectivity index (χ0) is 18.0. The summed E-state index contributed by atoms with van der Waals surface area (Å²) in [4.78, 5) is 17.2. The van der Waals surface area contributed by atoms with Gasteiger partial charge in [-0.05, 0) is 28.7 Å². The highest BCUT2D eigenvalue weighted by Gasteiger charge is 2.25. The number of nitro groups is 1. The lowest BCUT2D eigenvalue weighted by Gasteiger charge is -2.17. The first kappa shape index (κ1) is 16.6. The second kappa shape index (κ2) is 6.68. The smallest absolute Gasteiger partial charge is 0.372 e. The number of pyridine rings is 1. The van der Waals surface area contributed by atoms with Crippen molar-refractivity contribution in [3.05, 3.63) is 58.3 Å². The Morgan fingerprint density at radius 2 is 1.96 bits per heavy atom. The maximum atomic E-state index is 11.5. The highest BCUT2D eigenvalue weighted by atomic mass is 16.6. The van der Waals surface area contributed by atoms with Gasteiger partial charge in [-0.3, -0.25) is 0 Å². The number of benzene rings is 1. The number of methoxy groups -OCH3 is 2. The summed E-state index contributed by atoms with van der Waals surface area (Å²) < 4.78 is 12.0. The van der Waals surface area contributed by atoms with Crippen LogP contribution >= 0.6 is 0 Å². The molecular weight excluding hydrogens is 324 g/mol. The molecule has 0 amide bonds. The van der Waals surface area contributed by atoms with Crippen molar-refractivity contribution in [2.24, 2.45) is 0 Å². The minimum absolute atomic E-state index is 0.0569. The van der Waals surface area contributed by atoms with Gasteiger partial charge in [0.2, 0.25) is 11.5 Å². The van der Waals surface area contributed by atoms with Crippen LogP contribution < -0.4 is 14.4 Å². The Kier molecular flexibility index (Phi) is 4.42. The molecule has 0 spiro atoms. The molecule has 2 heterocycles. The molecule has 2 aromatic heterocycles. The lowest BCUT2D eigenvalue weighted by molar-refractivity contribution is -0.389. The number of imidazole rings is 1. The van der Waals surface area contributed by atoms with Crippen LogP contribution in [-0.2, 0) is 6.54 Å². The van der Waals surface area contributed by atoms with Crippen LogP contribution in [0.5, 0.6) is 11.5 Å².